The fourth-order valence-electron chi connectivity index (χ4n) is 2.27. The van der Waals surface area contributed by atoms with Crippen LogP contribution in [-0.2, 0) is 0 Å². The van der Waals surface area contributed by atoms with Gasteiger partial charge in [0.2, 0.25) is 5.88 Å². The molecule has 114 valence electrons. The third-order valence-electron chi connectivity index (χ3n) is 3.34. The maximum Gasteiger partial charge on any atom is 0.274 e. The molecule has 0 saturated heterocycles. The van der Waals surface area contributed by atoms with Crippen molar-refractivity contribution in [1.82, 2.24) is 9.99 Å². The number of rotatable bonds is 4. The van der Waals surface area contributed by atoms with Gasteiger partial charge in [-0.25, -0.2) is 0 Å². The molecule has 1 aromatic carbocycles. The smallest absolute Gasteiger partial charge is 0.274 e. The van der Waals surface area contributed by atoms with Gasteiger partial charge in [-0.05, 0) is 31.2 Å². The van der Waals surface area contributed by atoms with E-state index in [4.69, 9.17) is 4.42 Å². The highest BCUT2D eigenvalue weighted by atomic mass is 16.4. The van der Waals surface area contributed by atoms with E-state index in [1.54, 1.807) is 23.9 Å². The fourth-order valence-corrected chi connectivity index (χ4v) is 2.27. The minimum atomic E-state index is -0.426. The van der Waals surface area contributed by atoms with Crippen molar-refractivity contribution in [3.8, 4) is 12.0 Å². The second-order valence-electron chi connectivity index (χ2n) is 4.86. The first kappa shape index (κ1) is 14.5. The highest BCUT2D eigenvalue weighted by Gasteiger charge is 2.24. The van der Waals surface area contributed by atoms with Gasteiger partial charge in [0.05, 0.1) is 5.69 Å². The van der Waals surface area contributed by atoms with Crippen molar-refractivity contribution >= 4 is 11.6 Å². The van der Waals surface area contributed by atoms with Crippen LogP contribution < -0.4 is 10.9 Å². The number of nitrogens with one attached hydrogen (secondary N) is 2. The zero-order valence-electron chi connectivity index (χ0n) is 12.4. The summed E-state index contributed by atoms with van der Waals surface area (Å²) in [7, 11) is 0. The fraction of sp³-hybridized carbons (Fsp3) is 0.0588. The molecule has 0 aliphatic carbocycles. The van der Waals surface area contributed by atoms with E-state index in [2.05, 4.69) is 10.9 Å². The van der Waals surface area contributed by atoms with Crippen LogP contribution in [0.3, 0.4) is 0 Å². The number of aryl methyl sites for hydroxylation is 1. The Morgan fingerprint density at radius 3 is 2.52 bits per heavy atom. The quantitative estimate of drug-likeness (QED) is 0.726. The Kier molecular flexibility index (Phi) is 3.85. The van der Waals surface area contributed by atoms with Crippen LogP contribution >= 0.6 is 0 Å². The molecule has 0 bridgehead atoms. The first-order valence-corrected chi connectivity index (χ1v) is 6.99. The number of benzene rings is 1. The summed E-state index contributed by atoms with van der Waals surface area (Å²) in [5.41, 5.74) is 6.55. The number of nitriles is 1. The van der Waals surface area contributed by atoms with E-state index in [-0.39, 0.29) is 11.1 Å². The third kappa shape index (κ3) is 2.80. The molecule has 2 N–H and O–H groups in total. The van der Waals surface area contributed by atoms with Crippen LogP contribution in [0.25, 0.3) is 5.88 Å². The van der Waals surface area contributed by atoms with Gasteiger partial charge in [-0.15, -0.1) is 0 Å². The molecule has 0 aliphatic heterocycles. The minimum absolute atomic E-state index is 0.200. The Labute approximate surface area is 132 Å². The van der Waals surface area contributed by atoms with E-state index < -0.39 is 5.91 Å². The number of carbonyl (C=O) groups is 1. The number of hydrazine groups is 1. The molecule has 0 aliphatic rings. The van der Waals surface area contributed by atoms with E-state index >= 15 is 0 Å². The zero-order chi connectivity index (χ0) is 16.2. The van der Waals surface area contributed by atoms with E-state index in [1.807, 2.05) is 48.5 Å². The van der Waals surface area contributed by atoms with Crippen LogP contribution in [0.2, 0.25) is 0 Å². The summed E-state index contributed by atoms with van der Waals surface area (Å²) < 4.78 is 7.27. The Morgan fingerprint density at radius 1 is 1.17 bits per heavy atom. The molecular formula is C17H14N4O2. The number of aromatic nitrogens is 1. The lowest BCUT2D eigenvalue weighted by Crippen LogP contribution is -2.30. The average molecular weight is 306 g/mol. The molecule has 23 heavy (non-hydrogen) atoms. The molecule has 0 radical (unpaired) electrons. The average Bonchev–Trinajstić information content (AvgIpc) is 3.20. The van der Waals surface area contributed by atoms with Crippen molar-refractivity contribution in [2.24, 2.45) is 0 Å². The molecule has 6 nitrogen and oxygen atoms in total. The lowest BCUT2D eigenvalue weighted by Gasteiger charge is -2.07. The lowest BCUT2D eigenvalue weighted by molar-refractivity contribution is 0.0961. The van der Waals surface area contributed by atoms with Crippen LogP contribution in [-0.4, -0.2) is 10.5 Å². The van der Waals surface area contributed by atoms with E-state index in [1.165, 1.54) is 0 Å². The minimum Gasteiger partial charge on any atom is -0.443 e. The number of anilines is 1. The van der Waals surface area contributed by atoms with Gasteiger partial charge in [-0.2, -0.15) is 5.26 Å². The van der Waals surface area contributed by atoms with Gasteiger partial charge in [-0.1, -0.05) is 18.2 Å². The summed E-state index contributed by atoms with van der Waals surface area (Å²) in [4.78, 5) is 12.4. The lowest BCUT2D eigenvalue weighted by atomic mass is 10.1. The van der Waals surface area contributed by atoms with Crippen molar-refractivity contribution in [3.05, 3.63) is 71.7 Å². The maximum atomic E-state index is 12.4. The second-order valence-corrected chi connectivity index (χ2v) is 4.86. The summed E-state index contributed by atoms with van der Waals surface area (Å²) in [5.74, 6) is 0.294. The molecule has 2 heterocycles. The molecule has 0 saturated carbocycles. The van der Waals surface area contributed by atoms with E-state index in [0.29, 0.717) is 11.6 Å². The van der Waals surface area contributed by atoms with Crippen LogP contribution in [0.1, 0.15) is 21.7 Å². The van der Waals surface area contributed by atoms with Crippen LogP contribution in [0, 0.1) is 18.3 Å². The van der Waals surface area contributed by atoms with E-state index in [0.717, 1.165) is 5.69 Å². The van der Waals surface area contributed by atoms with E-state index in [9.17, 15) is 10.1 Å². The normalized spacial score (nSPS) is 10.1. The van der Waals surface area contributed by atoms with Crippen molar-refractivity contribution in [2.75, 3.05) is 5.43 Å². The highest BCUT2D eigenvalue weighted by Crippen LogP contribution is 2.25. The molecule has 2 aromatic heterocycles. The Bertz CT molecular complexity index is 858. The van der Waals surface area contributed by atoms with Gasteiger partial charge >= 0.3 is 0 Å². The van der Waals surface area contributed by atoms with Gasteiger partial charge in [-0.3, -0.25) is 20.2 Å². The van der Waals surface area contributed by atoms with Crippen LogP contribution in [0.4, 0.5) is 5.69 Å². The van der Waals surface area contributed by atoms with Crippen molar-refractivity contribution in [2.45, 2.75) is 6.92 Å². The number of hydrogen-bond acceptors (Lipinski definition) is 4. The Morgan fingerprint density at radius 2 is 1.87 bits per heavy atom. The summed E-state index contributed by atoms with van der Waals surface area (Å²) >= 11 is 0. The van der Waals surface area contributed by atoms with Crippen molar-refractivity contribution < 1.29 is 9.21 Å². The van der Waals surface area contributed by atoms with Gasteiger partial charge < -0.3 is 4.42 Å². The van der Waals surface area contributed by atoms with Crippen molar-refractivity contribution in [3.63, 3.8) is 0 Å². The van der Waals surface area contributed by atoms with Gasteiger partial charge in [0, 0.05) is 12.4 Å². The summed E-state index contributed by atoms with van der Waals surface area (Å²) in [6.07, 6.45) is 3.51. The second kappa shape index (κ2) is 6.12. The molecular weight excluding hydrogens is 292 g/mol. The molecule has 0 spiro atoms. The molecule has 3 rings (SSSR count). The number of hydrogen-bond donors (Lipinski definition) is 2. The van der Waals surface area contributed by atoms with Crippen molar-refractivity contribution in [1.29, 1.82) is 5.26 Å². The predicted molar refractivity (Wildman–Crippen MR) is 85.0 cm³/mol. The predicted octanol–water partition coefficient (Wildman–Crippen LogP) is 3.01. The third-order valence-corrected chi connectivity index (χ3v) is 3.34. The standard InChI is InChI=1S/C17H14N4O2/c1-12-15(16(22)20-19-13-7-3-2-4-8-13)14(11-18)17(23-12)21-9-5-6-10-21/h2-10,19H,1H3,(H,20,22). The number of para-hydroxylation sites is 1. The molecule has 0 atom stereocenters. The molecule has 0 unspecified atom stereocenters. The van der Waals surface area contributed by atoms with Crippen LogP contribution in [0.15, 0.2) is 59.3 Å². The van der Waals surface area contributed by atoms with Crippen LogP contribution in [0.5, 0.6) is 0 Å². The Hall–Kier alpha value is -3.46. The van der Waals surface area contributed by atoms with Gasteiger partial charge in [0.25, 0.3) is 5.91 Å². The number of nitrogens with zero attached hydrogens (tertiary/aromatic N) is 2. The molecule has 6 heteroatoms. The SMILES string of the molecule is Cc1oc(-n2cccc2)c(C#N)c1C(=O)NNc1ccccc1. The Balaban J connectivity index is 1.88. The summed E-state index contributed by atoms with van der Waals surface area (Å²) in [6, 6.07) is 14.9. The summed E-state index contributed by atoms with van der Waals surface area (Å²) in [6.45, 7) is 1.66. The largest absolute Gasteiger partial charge is 0.443 e. The van der Waals surface area contributed by atoms with Gasteiger partial charge in [0.1, 0.15) is 23.0 Å². The molecule has 0 fully saturated rings. The number of amides is 1. The summed E-state index contributed by atoms with van der Waals surface area (Å²) in [5, 5.41) is 9.42. The topological polar surface area (TPSA) is 83.0 Å². The monoisotopic (exact) mass is 306 g/mol. The zero-order valence-corrected chi connectivity index (χ0v) is 12.4. The molecule has 1 amide bonds. The first-order valence-electron chi connectivity index (χ1n) is 6.99. The first-order chi connectivity index (χ1) is 11.2. The number of furan rings is 1. The number of carbonyl (C=O) groups excluding carboxylic acids is 1. The molecule has 3 aromatic rings. The maximum absolute atomic E-state index is 12.4. The van der Waals surface area contributed by atoms with Gasteiger partial charge in [0.15, 0.2) is 0 Å². The highest BCUT2D eigenvalue weighted by molar-refractivity contribution is 5.99.